The molecule has 0 fully saturated rings. The fourth-order valence-corrected chi connectivity index (χ4v) is 0.675. The average molecular weight is 150 g/mol. The molecule has 0 bridgehead atoms. The molecule has 0 aromatic carbocycles. The molecule has 0 amide bonds. The van der Waals surface area contributed by atoms with Crippen LogP contribution in [0.3, 0.4) is 0 Å². The van der Waals surface area contributed by atoms with E-state index in [0.29, 0.717) is 6.42 Å². The Labute approximate surface area is 66.0 Å². The van der Waals surface area contributed by atoms with Crippen molar-refractivity contribution in [1.29, 1.82) is 16.1 Å². The maximum absolute atomic E-state index is 8.52. The van der Waals surface area contributed by atoms with Crippen molar-refractivity contribution in [2.45, 2.75) is 31.7 Å². The van der Waals surface area contributed by atoms with E-state index in [0.717, 1.165) is 12.8 Å². The summed E-state index contributed by atoms with van der Waals surface area (Å²) in [5, 5.41) is 20.1. The number of unbranched alkanes of at least 4 members (excludes halogenated alkanes) is 1. The van der Waals surface area contributed by atoms with Crippen LogP contribution < -0.4 is 0 Å². The van der Waals surface area contributed by atoms with Gasteiger partial charge in [-0.2, -0.15) is 15.6 Å². The Morgan fingerprint density at radius 2 is 2.00 bits per heavy atom. The molecule has 0 spiro atoms. The maximum atomic E-state index is 8.52. The number of nitrogens with one attached hydrogen (secondary N) is 1. The van der Waals surface area contributed by atoms with Crippen LogP contribution in [-0.4, -0.2) is 5.54 Å². The van der Waals surface area contributed by atoms with Gasteiger partial charge >= 0.3 is 0 Å². The Balaban J connectivity index is 4.24. The van der Waals surface area contributed by atoms with E-state index < -0.39 is 5.54 Å². The van der Waals surface area contributed by atoms with E-state index in [1.54, 1.807) is 12.1 Å². The van der Waals surface area contributed by atoms with Crippen LogP contribution in [0.5, 0.6) is 0 Å². The van der Waals surface area contributed by atoms with Crippen molar-refractivity contribution in [2.24, 2.45) is 5.11 Å². The van der Waals surface area contributed by atoms with Gasteiger partial charge in [-0.1, -0.05) is 13.3 Å². The van der Waals surface area contributed by atoms with E-state index >= 15 is 0 Å². The summed E-state index contributed by atoms with van der Waals surface area (Å²) in [5.74, 6) is 0. The molecule has 0 heterocycles. The molecule has 4 nitrogen and oxygen atoms in total. The molecule has 0 aliphatic rings. The van der Waals surface area contributed by atoms with Crippen LogP contribution in [0, 0.1) is 28.2 Å². The molecule has 58 valence electrons. The molecule has 0 atom stereocenters. The fourth-order valence-electron chi connectivity index (χ4n) is 0.675. The monoisotopic (exact) mass is 150 g/mol. The lowest BCUT2D eigenvalue weighted by atomic mass is 9.97. The lowest BCUT2D eigenvalue weighted by Crippen LogP contribution is -2.20. The average Bonchev–Trinajstić information content (AvgIpc) is 2.08. The first-order valence-electron chi connectivity index (χ1n) is 3.46. The summed E-state index contributed by atoms with van der Waals surface area (Å²) < 4.78 is 0. The normalized spacial score (nSPS) is 9.73. The van der Waals surface area contributed by atoms with Crippen molar-refractivity contribution in [3.8, 4) is 12.1 Å². The van der Waals surface area contributed by atoms with Gasteiger partial charge in [0.15, 0.2) is 0 Å². The van der Waals surface area contributed by atoms with Crippen molar-refractivity contribution in [1.82, 2.24) is 0 Å². The number of nitriles is 2. The molecule has 0 radical (unpaired) electrons. The van der Waals surface area contributed by atoms with Crippen molar-refractivity contribution < 1.29 is 0 Å². The van der Waals surface area contributed by atoms with Crippen molar-refractivity contribution in [3.63, 3.8) is 0 Å². The minimum atomic E-state index is -1.42. The molecule has 0 saturated carbocycles. The molecule has 0 rings (SSSR count). The SMILES string of the molecule is CCCCC(C#N)(C#N)N=N. The summed E-state index contributed by atoms with van der Waals surface area (Å²) in [5.41, 5.74) is 5.25. The van der Waals surface area contributed by atoms with Crippen LogP contribution >= 0.6 is 0 Å². The second kappa shape index (κ2) is 4.40. The topological polar surface area (TPSA) is 83.8 Å². The number of hydrogen-bond donors (Lipinski definition) is 1. The van der Waals surface area contributed by atoms with Crippen LogP contribution in [0.4, 0.5) is 0 Å². The second-order valence-corrected chi connectivity index (χ2v) is 2.30. The summed E-state index contributed by atoms with van der Waals surface area (Å²) in [6.45, 7) is 1.96. The van der Waals surface area contributed by atoms with Crippen LogP contribution in [0.1, 0.15) is 26.2 Å². The standard InChI is InChI=1S/C7H10N4/c1-2-3-4-7(5-8,6-9)11-10/h10H,2-4H2,1H3. The van der Waals surface area contributed by atoms with E-state index in [-0.39, 0.29) is 0 Å². The fraction of sp³-hybridized carbons (Fsp3) is 0.714. The van der Waals surface area contributed by atoms with Crippen LogP contribution in [0.25, 0.3) is 0 Å². The Hall–Kier alpha value is -1.42. The number of rotatable bonds is 4. The Bertz CT molecular complexity index is 193. The summed E-state index contributed by atoms with van der Waals surface area (Å²) >= 11 is 0. The van der Waals surface area contributed by atoms with Gasteiger partial charge < -0.3 is 0 Å². The highest BCUT2D eigenvalue weighted by Crippen LogP contribution is 2.16. The minimum absolute atomic E-state index is 0.361. The lowest BCUT2D eigenvalue weighted by Gasteiger charge is -2.08. The van der Waals surface area contributed by atoms with Crippen LogP contribution in [0.15, 0.2) is 5.11 Å². The summed E-state index contributed by atoms with van der Waals surface area (Å²) in [4.78, 5) is 0. The van der Waals surface area contributed by atoms with Gasteiger partial charge in [0.25, 0.3) is 5.54 Å². The molecule has 0 aliphatic heterocycles. The third-order valence-electron chi connectivity index (χ3n) is 1.45. The summed E-state index contributed by atoms with van der Waals surface area (Å²) in [6.07, 6.45) is 2.02. The molecule has 11 heavy (non-hydrogen) atoms. The zero-order valence-electron chi connectivity index (χ0n) is 6.46. The molecular weight excluding hydrogens is 140 g/mol. The minimum Gasteiger partial charge on any atom is -0.207 e. The zero-order chi connectivity index (χ0) is 8.74. The lowest BCUT2D eigenvalue weighted by molar-refractivity contribution is 0.545. The first-order chi connectivity index (χ1) is 5.24. The van der Waals surface area contributed by atoms with Gasteiger partial charge in [0, 0.05) is 6.42 Å². The van der Waals surface area contributed by atoms with Gasteiger partial charge in [0.05, 0.1) is 0 Å². The summed E-state index contributed by atoms with van der Waals surface area (Å²) in [6, 6.07) is 3.47. The van der Waals surface area contributed by atoms with Gasteiger partial charge in [-0.05, 0) is 6.42 Å². The van der Waals surface area contributed by atoms with Gasteiger partial charge in [-0.3, -0.25) is 0 Å². The molecule has 0 unspecified atom stereocenters. The predicted octanol–water partition coefficient (Wildman–Crippen LogP) is 1.99. The first-order valence-corrected chi connectivity index (χ1v) is 3.46. The highest BCUT2D eigenvalue weighted by molar-refractivity contribution is 5.20. The highest BCUT2D eigenvalue weighted by Gasteiger charge is 2.28. The maximum Gasteiger partial charge on any atom is 0.251 e. The van der Waals surface area contributed by atoms with E-state index in [1.807, 2.05) is 6.92 Å². The zero-order valence-corrected chi connectivity index (χ0v) is 6.46. The molecule has 1 N–H and O–H groups in total. The Morgan fingerprint density at radius 3 is 2.27 bits per heavy atom. The molecule has 0 aliphatic carbocycles. The van der Waals surface area contributed by atoms with Crippen LogP contribution in [0.2, 0.25) is 0 Å². The Kier molecular flexibility index (Phi) is 3.84. The first kappa shape index (κ1) is 9.58. The molecular formula is C7H10N4. The van der Waals surface area contributed by atoms with Crippen molar-refractivity contribution in [2.75, 3.05) is 0 Å². The predicted molar refractivity (Wildman–Crippen MR) is 38.6 cm³/mol. The van der Waals surface area contributed by atoms with Crippen LogP contribution in [-0.2, 0) is 0 Å². The van der Waals surface area contributed by atoms with Gasteiger partial charge in [0.2, 0.25) is 0 Å². The second-order valence-electron chi connectivity index (χ2n) is 2.30. The third-order valence-corrected chi connectivity index (χ3v) is 1.45. The van der Waals surface area contributed by atoms with E-state index in [9.17, 15) is 0 Å². The Morgan fingerprint density at radius 1 is 1.45 bits per heavy atom. The smallest absolute Gasteiger partial charge is 0.207 e. The molecule has 0 aromatic rings. The molecule has 0 saturated heterocycles. The quantitative estimate of drug-likeness (QED) is 0.621. The number of hydrogen-bond acceptors (Lipinski definition) is 4. The summed E-state index contributed by atoms with van der Waals surface area (Å²) in [7, 11) is 0. The highest BCUT2D eigenvalue weighted by atomic mass is 15.0. The van der Waals surface area contributed by atoms with Crippen molar-refractivity contribution in [3.05, 3.63) is 0 Å². The van der Waals surface area contributed by atoms with E-state index in [2.05, 4.69) is 5.11 Å². The number of nitrogens with zero attached hydrogens (tertiary/aromatic N) is 3. The molecule has 0 aromatic heterocycles. The van der Waals surface area contributed by atoms with E-state index in [4.69, 9.17) is 16.1 Å². The largest absolute Gasteiger partial charge is 0.251 e. The van der Waals surface area contributed by atoms with Gasteiger partial charge in [0.1, 0.15) is 12.1 Å². The van der Waals surface area contributed by atoms with Gasteiger partial charge in [-0.25, -0.2) is 5.53 Å². The van der Waals surface area contributed by atoms with E-state index in [1.165, 1.54) is 0 Å². The van der Waals surface area contributed by atoms with Crippen molar-refractivity contribution >= 4 is 0 Å². The molecule has 4 heteroatoms. The third kappa shape index (κ3) is 2.35. The van der Waals surface area contributed by atoms with Gasteiger partial charge in [-0.15, -0.1) is 0 Å².